The van der Waals surface area contributed by atoms with Crippen LogP contribution in [-0.4, -0.2) is 20.8 Å². The van der Waals surface area contributed by atoms with Gasteiger partial charge in [-0.3, -0.25) is 0 Å². The number of hydrogen-bond donors (Lipinski definition) is 1. The van der Waals surface area contributed by atoms with E-state index in [0.29, 0.717) is 6.04 Å². The van der Waals surface area contributed by atoms with Gasteiger partial charge < -0.3 is 5.73 Å². The molecule has 0 radical (unpaired) electrons. The first-order valence-electron chi connectivity index (χ1n) is 5.34. The van der Waals surface area contributed by atoms with Crippen LogP contribution in [0.15, 0.2) is 0 Å². The van der Waals surface area contributed by atoms with Crippen molar-refractivity contribution in [3.63, 3.8) is 0 Å². The fraction of sp³-hybridized carbons (Fsp3) is 0.800. The maximum atomic E-state index is 5.83. The van der Waals surface area contributed by atoms with Crippen LogP contribution in [0.2, 0.25) is 0 Å². The quantitative estimate of drug-likeness (QED) is 0.769. The average molecular weight is 194 g/mol. The summed E-state index contributed by atoms with van der Waals surface area (Å²) in [6.07, 6.45) is 4.49. The summed E-state index contributed by atoms with van der Waals surface area (Å²) in [5.41, 5.74) is 5.83. The Morgan fingerprint density at radius 3 is 3.14 bits per heavy atom. The van der Waals surface area contributed by atoms with Gasteiger partial charge in [-0.2, -0.15) is 5.10 Å². The molecule has 0 amide bonds. The molecule has 0 bridgehead atoms. The second-order valence-corrected chi connectivity index (χ2v) is 4.28. The number of aryl methyl sites for hydroxylation is 2. The van der Waals surface area contributed by atoms with Crippen molar-refractivity contribution in [3.8, 4) is 0 Å². The Hall–Kier alpha value is -0.900. The molecule has 2 N–H and O–H groups in total. The molecule has 1 aromatic heterocycles. The third-order valence-corrected chi connectivity index (χ3v) is 2.74. The summed E-state index contributed by atoms with van der Waals surface area (Å²) < 4.78 is 2.09. The fourth-order valence-electron chi connectivity index (χ4n) is 2.20. The minimum Gasteiger partial charge on any atom is -0.328 e. The van der Waals surface area contributed by atoms with Crippen LogP contribution < -0.4 is 5.73 Å². The second-order valence-electron chi connectivity index (χ2n) is 4.28. The number of fused-ring (bicyclic) bond motifs is 1. The third kappa shape index (κ3) is 1.80. The van der Waals surface area contributed by atoms with E-state index in [1.54, 1.807) is 0 Å². The molecule has 1 aromatic rings. The summed E-state index contributed by atoms with van der Waals surface area (Å²) in [6.45, 7) is 4.01. The predicted octanol–water partition coefficient (Wildman–Crippen LogP) is 1.20. The summed E-state index contributed by atoms with van der Waals surface area (Å²) in [4.78, 5) is 4.42. The van der Waals surface area contributed by atoms with E-state index in [0.717, 1.165) is 24.5 Å². The molecule has 0 fully saturated rings. The lowest BCUT2D eigenvalue weighted by Gasteiger charge is -2.24. The molecule has 2 atom stereocenters. The Kier molecular flexibility index (Phi) is 2.54. The zero-order valence-corrected chi connectivity index (χ0v) is 8.90. The summed E-state index contributed by atoms with van der Waals surface area (Å²) >= 11 is 0. The molecule has 0 aliphatic carbocycles. The minimum atomic E-state index is 0.246. The topological polar surface area (TPSA) is 56.7 Å². The van der Waals surface area contributed by atoms with Crippen LogP contribution in [-0.2, 0) is 6.42 Å². The lowest BCUT2D eigenvalue weighted by Crippen LogP contribution is -2.26. The van der Waals surface area contributed by atoms with E-state index in [2.05, 4.69) is 21.7 Å². The van der Waals surface area contributed by atoms with E-state index in [-0.39, 0.29) is 6.04 Å². The zero-order chi connectivity index (χ0) is 10.1. The lowest BCUT2D eigenvalue weighted by atomic mass is 9.99. The number of aromatic nitrogens is 3. The monoisotopic (exact) mass is 194 g/mol. The number of nitrogens with two attached hydrogens (primary N) is 1. The number of rotatable bonds is 2. The van der Waals surface area contributed by atoms with Crippen molar-refractivity contribution in [1.29, 1.82) is 0 Å². The lowest BCUT2D eigenvalue weighted by molar-refractivity contribution is 0.326. The highest BCUT2D eigenvalue weighted by molar-refractivity contribution is 4.97. The highest BCUT2D eigenvalue weighted by Crippen LogP contribution is 2.26. The molecule has 0 spiro atoms. The van der Waals surface area contributed by atoms with E-state index in [1.165, 1.54) is 12.8 Å². The maximum Gasteiger partial charge on any atom is 0.147 e. The predicted molar refractivity (Wildman–Crippen MR) is 55.0 cm³/mol. The average Bonchev–Trinajstić information content (AvgIpc) is 2.45. The number of hydrogen-bond acceptors (Lipinski definition) is 3. The van der Waals surface area contributed by atoms with Gasteiger partial charge in [0.1, 0.15) is 11.6 Å². The van der Waals surface area contributed by atoms with E-state index >= 15 is 0 Å². The largest absolute Gasteiger partial charge is 0.328 e. The minimum absolute atomic E-state index is 0.246. The van der Waals surface area contributed by atoms with Gasteiger partial charge in [0.25, 0.3) is 0 Å². The molecule has 2 heterocycles. The molecule has 4 heteroatoms. The Bertz CT molecular complexity index is 316. The van der Waals surface area contributed by atoms with E-state index in [1.807, 2.05) is 6.92 Å². The molecule has 78 valence electrons. The Labute approximate surface area is 84.5 Å². The second kappa shape index (κ2) is 3.69. The molecule has 1 aliphatic rings. The van der Waals surface area contributed by atoms with Gasteiger partial charge in [0.15, 0.2) is 0 Å². The summed E-state index contributed by atoms with van der Waals surface area (Å²) in [7, 11) is 0. The van der Waals surface area contributed by atoms with E-state index in [9.17, 15) is 0 Å². The van der Waals surface area contributed by atoms with Gasteiger partial charge in [-0.1, -0.05) is 0 Å². The van der Waals surface area contributed by atoms with Crippen LogP contribution in [0, 0.1) is 6.92 Å². The Balaban J connectivity index is 2.21. The highest BCUT2D eigenvalue weighted by Gasteiger charge is 2.22. The van der Waals surface area contributed by atoms with Gasteiger partial charge in [0.05, 0.1) is 6.04 Å². The van der Waals surface area contributed by atoms with Crippen LogP contribution >= 0.6 is 0 Å². The molecule has 2 unspecified atom stereocenters. The first kappa shape index (κ1) is 9.65. The van der Waals surface area contributed by atoms with Crippen LogP contribution in [0.3, 0.4) is 0 Å². The molecular formula is C10H18N4. The molecule has 4 nitrogen and oxygen atoms in total. The third-order valence-electron chi connectivity index (χ3n) is 2.74. The first-order chi connectivity index (χ1) is 6.66. The van der Waals surface area contributed by atoms with Crippen molar-refractivity contribution >= 4 is 0 Å². The molecule has 14 heavy (non-hydrogen) atoms. The number of nitrogens with zero attached hydrogens (tertiary/aromatic N) is 3. The van der Waals surface area contributed by atoms with Crippen molar-refractivity contribution in [2.75, 3.05) is 0 Å². The van der Waals surface area contributed by atoms with Gasteiger partial charge in [-0.25, -0.2) is 9.67 Å². The Morgan fingerprint density at radius 2 is 2.43 bits per heavy atom. The van der Waals surface area contributed by atoms with Crippen LogP contribution in [0.25, 0.3) is 0 Å². The van der Waals surface area contributed by atoms with Gasteiger partial charge in [0, 0.05) is 12.5 Å². The van der Waals surface area contributed by atoms with Crippen molar-refractivity contribution < 1.29 is 0 Å². The molecule has 0 saturated heterocycles. The summed E-state index contributed by atoms with van der Waals surface area (Å²) in [5.74, 6) is 2.02. The SMILES string of the molecule is Cc1nc2n(n1)C(CC(C)N)CCC2. The van der Waals surface area contributed by atoms with Crippen LogP contribution in [0.5, 0.6) is 0 Å². The van der Waals surface area contributed by atoms with E-state index < -0.39 is 0 Å². The van der Waals surface area contributed by atoms with E-state index in [4.69, 9.17) is 5.73 Å². The molecular weight excluding hydrogens is 176 g/mol. The highest BCUT2D eigenvalue weighted by atomic mass is 15.4. The molecule has 0 saturated carbocycles. The van der Waals surface area contributed by atoms with Gasteiger partial charge in [0.2, 0.25) is 0 Å². The van der Waals surface area contributed by atoms with Crippen molar-refractivity contribution in [1.82, 2.24) is 14.8 Å². The van der Waals surface area contributed by atoms with Gasteiger partial charge >= 0.3 is 0 Å². The summed E-state index contributed by atoms with van der Waals surface area (Å²) in [5, 5.41) is 4.44. The smallest absolute Gasteiger partial charge is 0.147 e. The zero-order valence-electron chi connectivity index (χ0n) is 8.90. The normalized spacial score (nSPS) is 23.2. The standard InChI is InChI=1S/C10H18N4/c1-7(11)6-9-4-3-5-10-12-8(2)13-14(9)10/h7,9H,3-6,11H2,1-2H3. The van der Waals surface area contributed by atoms with Gasteiger partial charge in [-0.15, -0.1) is 0 Å². The van der Waals surface area contributed by atoms with Crippen LogP contribution in [0.1, 0.15) is 43.9 Å². The summed E-state index contributed by atoms with van der Waals surface area (Å²) in [6, 6.07) is 0.718. The first-order valence-corrected chi connectivity index (χ1v) is 5.34. The van der Waals surface area contributed by atoms with Crippen molar-refractivity contribution in [2.45, 2.75) is 51.6 Å². The molecule has 2 rings (SSSR count). The maximum absolute atomic E-state index is 5.83. The van der Waals surface area contributed by atoms with Crippen molar-refractivity contribution in [3.05, 3.63) is 11.6 Å². The van der Waals surface area contributed by atoms with Gasteiger partial charge in [-0.05, 0) is 33.1 Å². The molecule has 0 aromatic carbocycles. The van der Waals surface area contributed by atoms with Crippen LogP contribution in [0.4, 0.5) is 0 Å². The molecule has 1 aliphatic heterocycles. The fourth-order valence-corrected chi connectivity index (χ4v) is 2.20. The Morgan fingerprint density at radius 1 is 1.64 bits per heavy atom. The van der Waals surface area contributed by atoms with Crippen molar-refractivity contribution in [2.24, 2.45) is 5.73 Å².